The lowest BCUT2D eigenvalue weighted by atomic mass is 10.1. The third kappa shape index (κ3) is 5.87. The molecule has 0 unspecified atom stereocenters. The van der Waals surface area contributed by atoms with Gasteiger partial charge >= 0.3 is 0 Å². The van der Waals surface area contributed by atoms with Gasteiger partial charge in [-0.2, -0.15) is 0 Å². The molecule has 0 aliphatic heterocycles. The van der Waals surface area contributed by atoms with Gasteiger partial charge in [-0.25, -0.2) is 0 Å². The van der Waals surface area contributed by atoms with Crippen LogP contribution in [0.15, 0.2) is 53.0 Å². The molecule has 0 aliphatic carbocycles. The summed E-state index contributed by atoms with van der Waals surface area (Å²) in [6.07, 6.45) is 0.254. The second-order valence-corrected chi connectivity index (χ2v) is 6.20. The lowest BCUT2D eigenvalue weighted by Crippen LogP contribution is -2.37. The molecular weight excluding hydrogens is 356 g/mol. The third-order valence-corrected chi connectivity index (χ3v) is 3.93. The molecule has 0 bridgehead atoms. The van der Waals surface area contributed by atoms with E-state index in [1.54, 1.807) is 0 Å². The first-order valence-electron chi connectivity index (χ1n) is 7.37. The first-order chi connectivity index (χ1) is 11.0. The van der Waals surface area contributed by atoms with E-state index in [1.165, 1.54) is 0 Å². The maximum Gasteiger partial charge on any atom is 0.239 e. The smallest absolute Gasteiger partial charge is 0.239 e. The van der Waals surface area contributed by atoms with E-state index in [2.05, 4.69) is 26.6 Å². The Morgan fingerprint density at radius 3 is 2.52 bits per heavy atom. The number of amides is 2. The van der Waals surface area contributed by atoms with E-state index in [-0.39, 0.29) is 24.8 Å². The molecule has 0 radical (unpaired) electrons. The zero-order valence-electron chi connectivity index (χ0n) is 12.9. The van der Waals surface area contributed by atoms with Crippen molar-refractivity contribution in [2.24, 2.45) is 0 Å². The Kier molecular flexibility index (Phi) is 6.35. The minimum absolute atomic E-state index is 0.0152. The van der Waals surface area contributed by atoms with Gasteiger partial charge in [-0.05, 0) is 35.7 Å². The van der Waals surface area contributed by atoms with Gasteiger partial charge in [0.15, 0.2) is 0 Å². The molecule has 2 aromatic rings. The van der Waals surface area contributed by atoms with Crippen LogP contribution in [0.2, 0.25) is 0 Å². The van der Waals surface area contributed by atoms with Gasteiger partial charge in [-0.15, -0.1) is 0 Å². The van der Waals surface area contributed by atoms with Crippen molar-refractivity contribution < 1.29 is 9.59 Å². The molecule has 23 heavy (non-hydrogen) atoms. The first kappa shape index (κ1) is 17.2. The van der Waals surface area contributed by atoms with Crippen molar-refractivity contribution in [2.45, 2.75) is 19.9 Å². The van der Waals surface area contributed by atoms with E-state index < -0.39 is 0 Å². The maximum atomic E-state index is 11.9. The van der Waals surface area contributed by atoms with Crippen molar-refractivity contribution in [1.29, 1.82) is 0 Å². The second-order valence-electron chi connectivity index (χ2n) is 5.29. The average Bonchev–Trinajstić information content (AvgIpc) is 2.52. The largest absolute Gasteiger partial charge is 0.350 e. The Morgan fingerprint density at radius 2 is 1.78 bits per heavy atom. The van der Waals surface area contributed by atoms with Crippen molar-refractivity contribution >= 4 is 27.7 Å². The Labute approximate surface area is 144 Å². The highest BCUT2D eigenvalue weighted by Gasteiger charge is 2.07. The number of hydrogen-bond acceptors (Lipinski definition) is 2. The highest BCUT2D eigenvalue weighted by molar-refractivity contribution is 9.10. The topological polar surface area (TPSA) is 58.2 Å². The van der Waals surface area contributed by atoms with Crippen LogP contribution in [0.4, 0.5) is 0 Å². The summed E-state index contributed by atoms with van der Waals surface area (Å²) in [7, 11) is 0. The number of aryl methyl sites for hydroxylation is 1. The maximum absolute atomic E-state index is 11.9. The lowest BCUT2D eigenvalue weighted by molar-refractivity contribution is -0.125. The first-order valence-corrected chi connectivity index (χ1v) is 8.16. The summed E-state index contributed by atoms with van der Waals surface area (Å²) in [4.78, 5) is 23.7. The van der Waals surface area contributed by atoms with Gasteiger partial charge in [-0.3, -0.25) is 9.59 Å². The molecule has 0 fully saturated rings. The number of halogens is 1. The van der Waals surface area contributed by atoms with Crippen molar-refractivity contribution in [2.75, 3.05) is 6.54 Å². The van der Waals surface area contributed by atoms with E-state index >= 15 is 0 Å². The number of carbonyl (C=O) groups is 2. The summed E-state index contributed by atoms with van der Waals surface area (Å²) in [5.41, 5.74) is 3.10. The Balaban J connectivity index is 1.74. The molecule has 2 N–H and O–H groups in total. The number of benzene rings is 2. The summed E-state index contributed by atoms with van der Waals surface area (Å²) in [5.74, 6) is -0.370. The van der Waals surface area contributed by atoms with Gasteiger partial charge in [-0.1, -0.05) is 52.3 Å². The summed E-state index contributed by atoms with van der Waals surface area (Å²) in [6.45, 7) is 2.45. The monoisotopic (exact) mass is 374 g/mol. The number of nitrogens with one attached hydrogen (secondary N) is 2. The molecule has 2 rings (SSSR count). The van der Waals surface area contributed by atoms with Crippen LogP contribution >= 0.6 is 15.9 Å². The molecule has 4 nitrogen and oxygen atoms in total. The fraction of sp³-hybridized carbons (Fsp3) is 0.222. The Morgan fingerprint density at radius 1 is 1.00 bits per heavy atom. The molecular formula is C18H19BrN2O2. The number of hydrogen-bond donors (Lipinski definition) is 2. The van der Waals surface area contributed by atoms with Crippen molar-refractivity contribution in [1.82, 2.24) is 10.6 Å². The molecule has 0 heterocycles. The van der Waals surface area contributed by atoms with Crippen LogP contribution in [0.1, 0.15) is 16.7 Å². The molecule has 5 heteroatoms. The fourth-order valence-electron chi connectivity index (χ4n) is 2.14. The molecule has 2 aromatic carbocycles. The number of rotatable bonds is 6. The van der Waals surface area contributed by atoms with Crippen molar-refractivity contribution in [3.63, 3.8) is 0 Å². The van der Waals surface area contributed by atoms with Crippen LogP contribution in [0.5, 0.6) is 0 Å². The summed E-state index contributed by atoms with van der Waals surface area (Å²) in [6, 6.07) is 15.4. The van der Waals surface area contributed by atoms with E-state index in [4.69, 9.17) is 0 Å². The van der Waals surface area contributed by atoms with E-state index in [1.807, 2.05) is 55.5 Å². The third-order valence-electron chi connectivity index (χ3n) is 3.44. The zero-order valence-corrected chi connectivity index (χ0v) is 14.5. The molecule has 0 aromatic heterocycles. The van der Waals surface area contributed by atoms with Crippen molar-refractivity contribution in [3.8, 4) is 0 Å². The highest BCUT2D eigenvalue weighted by Crippen LogP contribution is 2.11. The van der Waals surface area contributed by atoms with Crippen LogP contribution in [0.25, 0.3) is 0 Å². The number of carbonyl (C=O) groups excluding carboxylic acids is 2. The quantitative estimate of drug-likeness (QED) is 0.816. The van der Waals surface area contributed by atoms with E-state index in [0.717, 1.165) is 21.2 Å². The molecule has 0 atom stereocenters. The standard InChI is InChI=1S/C18H19BrN2O2/c1-13-5-2-3-7-15(13)11-20-18(23)12-21-17(22)10-14-6-4-8-16(19)9-14/h2-9H,10-12H2,1H3,(H,20,23)(H,21,22). The molecule has 2 amide bonds. The van der Waals surface area contributed by atoms with Gasteiger partial charge in [0.05, 0.1) is 13.0 Å². The van der Waals surface area contributed by atoms with Crippen molar-refractivity contribution in [3.05, 3.63) is 69.7 Å². The fourth-order valence-corrected chi connectivity index (χ4v) is 2.59. The Bertz CT molecular complexity index is 701. The summed E-state index contributed by atoms with van der Waals surface area (Å²) >= 11 is 3.37. The Hall–Kier alpha value is -2.14. The van der Waals surface area contributed by atoms with Crippen LogP contribution in [-0.4, -0.2) is 18.4 Å². The van der Waals surface area contributed by atoms with Crippen LogP contribution in [0, 0.1) is 6.92 Å². The normalized spacial score (nSPS) is 10.2. The van der Waals surface area contributed by atoms with E-state index in [9.17, 15) is 9.59 Å². The minimum Gasteiger partial charge on any atom is -0.350 e. The van der Waals surface area contributed by atoms with Gasteiger partial charge < -0.3 is 10.6 Å². The second kappa shape index (κ2) is 8.48. The molecule has 0 saturated heterocycles. The van der Waals surface area contributed by atoms with E-state index in [0.29, 0.717) is 6.54 Å². The van der Waals surface area contributed by atoms with Crippen LogP contribution in [0.3, 0.4) is 0 Å². The average molecular weight is 375 g/mol. The van der Waals surface area contributed by atoms with Gasteiger partial charge in [0, 0.05) is 11.0 Å². The van der Waals surface area contributed by atoms with Gasteiger partial charge in [0.1, 0.15) is 0 Å². The summed E-state index contributed by atoms with van der Waals surface area (Å²) < 4.78 is 0.929. The molecule has 0 spiro atoms. The zero-order chi connectivity index (χ0) is 16.7. The predicted octanol–water partition coefficient (Wildman–Crippen LogP) is 2.73. The minimum atomic E-state index is -0.198. The van der Waals surface area contributed by atoms with Crippen LogP contribution < -0.4 is 10.6 Å². The van der Waals surface area contributed by atoms with Gasteiger partial charge in [0.25, 0.3) is 0 Å². The lowest BCUT2D eigenvalue weighted by Gasteiger charge is -2.09. The highest BCUT2D eigenvalue weighted by atomic mass is 79.9. The van der Waals surface area contributed by atoms with Gasteiger partial charge in [0.2, 0.25) is 11.8 Å². The molecule has 120 valence electrons. The molecule has 0 aliphatic rings. The summed E-state index contributed by atoms with van der Waals surface area (Å²) in [5, 5.41) is 5.44. The molecule has 0 saturated carbocycles. The predicted molar refractivity (Wildman–Crippen MR) is 93.9 cm³/mol. The SMILES string of the molecule is Cc1ccccc1CNC(=O)CNC(=O)Cc1cccc(Br)c1. The van der Waals surface area contributed by atoms with Crippen LogP contribution in [-0.2, 0) is 22.6 Å².